The molecule has 2 unspecified atom stereocenters. The van der Waals surface area contributed by atoms with Gasteiger partial charge in [-0.05, 0) is 43.5 Å². The van der Waals surface area contributed by atoms with Crippen LogP contribution in [-0.4, -0.2) is 17.8 Å². The first-order valence-electron chi connectivity index (χ1n) is 5.87. The highest BCUT2D eigenvalue weighted by Gasteiger charge is 2.16. The Morgan fingerprint density at radius 2 is 2.17 bits per heavy atom. The van der Waals surface area contributed by atoms with E-state index < -0.39 is 0 Å². The van der Waals surface area contributed by atoms with E-state index in [-0.39, 0.29) is 12.1 Å². The Hall–Kier alpha value is -0.390. The SMILES string of the molecule is CC(O)CCNC(c1cccs1)c1ccc(Cl)s1. The number of rotatable bonds is 6. The molecule has 98 valence electrons. The molecule has 0 saturated carbocycles. The number of hydrogen-bond acceptors (Lipinski definition) is 4. The molecule has 2 atom stereocenters. The third-order valence-electron chi connectivity index (χ3n) is 2.62. The maximum atomic E-state index is 9.31. The normalized spacial score (nSPS) is 14.6. The Bertz CT molecular complexity index is 467. The Kier molecular flexibility index (Phi) is 5.21. The van der Waals surface area contributed by atoms with Crippen molar-refractivity contribution in [3.63, 3.8) is 0 Å². The van der Waals surface area contributed by atoms with Gasteiger partial charge in [-0.2, -0.15) is 0 Å². The molecule has 0 aromatic carbocycles. The van der Waals surface area contributed by atoms with Crippen LogP contribution in [0.15, 0.2) is 29.6 Å². The fraction of sp³-hybridized carbons (Fsp3) is 0.385. The van der Waals surface area contributed by atoms with Crippen molar-refractivity contribution in [3.8, 4) is 0 Å². The molecule has 2 heterocycles. The van der Waals surface area contributed by atoms with Gasteiger partial charge in [0.2, 0.25) is 0 Å². The predicted molar refractivity (Wildman–Crippen MR) is 79.8 cm³/mol. The summed E-state index contributed by atoms with van der Waals surface area (Å²) in [7, 11) is 0. The smallest absolute Gasteiger partial charge is 0.0931 e. The Labute approximate surface area is 120 Å². The second-order valence-electron chi connectivity index (χ2n) is 4.18. The minimum Gasteiger partial charge on any atom is -0.393 e. The first kappa shape index (κ1) is 14.0. The molecular weight excluding hydrogens is 286 g/mol. The highest BCUT2D eigenvalue weighted by Crippen LogP contribution is 2.32. The average Bonchev–Trinajstić information content (AvgIpc) is 2.95. The van der Waals surface area contributed by atoms with Crippen molar-refractivity contribution in [1.82, 2.24) is 5.32 Å². The molecule has 18 heavy (non-hydrogen) atoms. The lowest BCUT2D eigenvalue weighted by atomic mass is 10.2. The van der Waals surface area contributed by atoms with Crippen molar-refractivity contribution < 1.29 is 5.11 Å². The summed E-state index contributed by atoms with van der Waals surface area (Å²) in [6, 6.07) is 8.35. The van der Waals surface area contributed by atoms with Crippen LogP contribution in [0.2, 0.25) is 4.34 Å². The van der Waals surface area contributed by atoms with Crippen LogP contribution in [-0.2, 0) is 0 Å². The molecular formula is C13H16ClNOS2. The van der Waals surface area contributed by atoms with Gasteiger partial charge < -0.3 is 10.4 Å². The lowest BCUT2D eigenvalue weighted by Crippen LogP contribution is -2.24. The number of nitrogens with one attached hydrogen (secondary N) is 1. The predicted octanol–water partition coefficient (Wildman–Crippen LogP) is 3.91. The zero-order valence-corrected chi connectivity index (χ0v) is 12.5. The molecule has 0 aliphatic heterocycles. The summed E-state index contributed by atoms with van der Waals surface area (Å²) >= 11 is 9.34. The summed E-state index contributed by atoms with van der Waals surface area (Å²) in [5, 5.41) is 14.9. The van der Waals surface area contributed by atoms with Gasteiger partial charge in [0.1, 0.15) is 0 Å². The quantitative estimate of drug-likeness (QED) is 0.848. The fourth-order valence-corrected chi connectivity index (χ4v) is 3.77. The highest BCUT2D eigenvalue weighted by atomic mass is 35.5. The Balaban J connectivity index is 2.09. The number of aliphatic hydroxyl groups excluding tert-OH is 1. The summed E-state index contributed by atoms with van der Waals surface area (Å²) in [6.45, 7) is 2.60. The van der Waals surface area contributed by atoms with Gasteiger partial charge in [0, 0.05) is 9.75 Å². The number of halogens is 1. The summed E-state index contributed by atoms with van der Waals surface area (Å²) in [4.78, 5) is 2.49. The zero-order chi connectivity index (χ0) is 13.0. The molecule has 0 amide bonds. The topological polar surface area (TPSA) is 32.3 Å². The second-order valence-corrected chi connectivity index (χ2v) is 6.91. The Morgan fingerprint density at radius 3 is 2.72 bits per heavy atom. The molecule has 0 aliphatic carbocycles. The number of hydrogen-bond donors (Lipinski definition) is 2. The minimum atomic E-state index is -0.270. The standard InChI is InChI=1S/C13H16ClNOS2/c1-9(16)6-7-15-13(10-3-2-8-17-10)11-4-5-12(14)18-11/h2-5,8-9,13,15-16H,6-7H2,1H3. The van der Waals surface area contributed by atoms with Gasteiger partial charge in [0.15, 0.2) is 0 Å². The molecule has 2 nitrogen and oxygen atoms in total. The van der Waals surface area contributed by atoms with Gasteiger partial charge >= 0.3 is 0 Å². The summed E-state index contributed by atoms with van der Waals surface area (Å²) in [5.74, 6) is 0. The molecule has 0 bridgehead atoms. The summed E-state index contributed by atoms with van der Waals surface area (Å²) in [6.07, 6.45) is 0.481. The molecule has 0 fully saturated rings. The van der Waals surface area contributed by atoms with E-state index in [9.17, 15) is 5.11 Å². The van der Waals surface area contributed by atoms with E-state index in [4.69, 9.17) is 11.6 Å². The van der Waals surface area contributed by atoms with Gasteiger partial charge in [-0.25, -0.2) is 0 Å². The third kappa shape index (κ3) is 3.80. The van der Waals surface area contributed by atoms with E-state index in [1.807, 2.05) is 13.0 Å². The molecule has 2 aromatic heterocycles. The first-order chi connectivity index (χ1) is 8.66. The Morgan fingerprint density at radius 1 is 1.33 bits per heavy atom. The van der Waals surface area contributed by atoms with Crippen molar-refractivity contribution in [2.24, 2.45) is 0 Å². The fourth-order valence-electron chi connectivity index (χ4n) is 1.72. The lowest BCUT2D eigenvalue weighted by Gasteiger charge is -2.16. The molecule has 2 N–H and O–H groups in total. The van der Waals surface area contributed by atoms with Crippen LogP contribution in [0.3, 0.4) is 0 Å². The van der Waals surface area contributed by atoms with Crippen LogP contribution >= 0.6 is 34.3 Å². The van der Waals surface area contributed by atoms with Crippen LogP contribution in [0.25, 0.3) is 0 Å². The summed E-state index contributed by atoms with van der Waals surface area (Å²) in [5.41, 5.74) is 0. The van der Waals surface area contributed by atoms with Crippen LogP contribution in [0, 0.1) is 0 Å². The van der Waals surface area contributed by atoms with Gasteiger partial charge in [-0.1, -0.05) is 17.7 Å². The van der Waals surface area contributed by atoms with Gasteiger partial charge in [-0.15, -0.1) is 22.7 Å². The molecule has 0 saturated heterocycles. The van der Waals surface area contributed by atoms with Crippen molar-refractivity contribution in [1.29, 1.82) is 0 Å². The molecule has 5 heteroatoms. The van der Waals surface area contributed by atoms with E-state index in [0.29, 0.717) is 0 Å². The van der Waals surface area contributed by atoms with Gasteiger partial charge in [-0.3, -0.25) is 0 Å². The molecule has 0 spiro atoms. The second kappa shape index (κ2) is 6.68. The number of thiophene rings is 2. The molecule has 0 radical (unpaired) electrons. The van der Waals surface area contributed by atoms with Gasteiger partial charge in [0.05, 0.1) is 16.5 Å². The van der Waals surface area contributed by atoms with E-state index in [1.54, 1.807) is 22.7 Å². The van der Waals surface area contributed by atoms with Crippen molar-refractivity contribution >= 4 is 34.3 Å². The van der Waals surface area contributed by atoms with Crippen LogP contribution in [0.5, 0.6) is 0 Å². The van der Waals surface area contributed by atoms with Crippen molar-refractivity contribution in [2.75, 3.05) is 6.54 Å². The third-order valence-corrected chi connectivity index (χ3v) is 4.85. The molecule has 0 aliphatic rings. The zero-order valence-electron chi connectivity index (χ0n) is 10.1. The van der Waals surface area contributed by atoms with E-state index in [0.717, 1.165) is 17.3 Å². The van der Waals surface area contributed by atoms with Crippen molar-refractivity contribution in [2.45, 2.75) is 25.5 Å². The van der Waals surface area contributed by atoms with E-state index in [2.05, 4.69) is 28.9 Å². The first-order valence-corrected chi connectivity index (χ1v) is 7.94. The maximum absolute atomic E-state index is 9.31. The van der Waals surface area contributed by atoms with E-state index >= 15 is 0 Å². The molecule has 2 rings (SSSR count). The van der Waals surface area contributed by atoms with E-state index in [1.165, 1.54) is 9.75 Å². The minimum absolute atomic E-state index is 0.182. The molecule has 2 aromatic rings. The van der Waals surface area contributed by atoms with Gasteiger partial charge in [0.25, 0.3) is 0 Å². The van der Waals surface area contributed by atoms with Crippen LogP contribution in [0.4, 0.5) is 0 Å². The monoisotopic (exact) mass is 301 g/mol. The summed E-state index contributed by atoms with van der Waals surface area (Å²) < 4.78 is 0.809. The van der Waals surface area contributed by atoms with Crippen LogP contribution in [0.1, 0.15) is 29.1 Å². The lowest BCUT2D eigenvalue weighted by molar-refractivity contribution is 0.183. The largest absolute Gasteiger partial charge is 0.393 e. The maximum Gasteiger partial charge on any atom is 0.0931 e. The highest BCUT2D eigenvalue weighted by molar-refractivity contribution is 7.16. The van der Waals surface area contributed by atoms with Crippen LogP contribution < -0.4 is 5.32 Å². The average molecular weight is 302 g/mol. The number of aliphatic hydroxyl groups is 1. The van der Waals surface area contributed by atoms with Crippen molar-refractivity contribution in [3.05, 3.63) is 43.7 Å².